The molecule has 60 valence electrons. The molecule has 1 aromatic heterocycles. The van der Waals surface area contributed by atoms with Crippen LogP contribution in [0.1, 0.15) is 10.5 Å². The molecule has 0 unspecified atom stereocenters. The lowest BCUT2D eigenvalue weighted by Crippen LogP contribution is -2.08. The summed E-state index contributed by atoms with van der Waals surface area (Å²) in [6, 6.07) is 1.47. The summed E-state index contributed by atoms with van der Waals surface area (Å²) in [5.41, 5.74) is 0.105. The van der Waals surface area contributed by atoms with Crippen LogP contribution in [-0.2, 0) is 0 Å². The molecule has 0 saturated heterocycles. The molecule has 5 nitrogen and oxygen atoms in total. The van der Waals surface area contributed by atoms with Crippen LogP contribution in [0.3, 0.4) is 0 Å². The smallest absolute Gasteiger partial charge is 0.353 e. The van der Waals surface area contributed by atoms with Crippen molar-refractivity contribution >= 4 is 11.8 Å². The van der Waals surface area contributed by atoms with Gasteiger partial charge in [-0.3, -0.25) is 5.10 Å². The highest BCUT2D eigenvalue weighted by Crippen LogP contribution is 2.07. The Morgan fingerprint density at radius 1 is 1.73 bits per heavy atom. The summed E-state index contributed by atoms with van der Waals surface area (Å²) in [6.07, 6.45) is 0. The number of aromatic carboxylic acids is 1. The Hall–Kier alpha value is -1.52. The molecular formula is C6H9N3O2. The van der Waals surface area contributed by atoms with Crippen molar-refractivity contribution in [3.05, 3.63) is 11.8 Å². The highest BCUT2D eigenvalue weighted by atomic mass is 16.4. The van der Waals surface area contributed by atoms with E-state index in [0.29, 0.717) is 5.82 Å². The minimum atomic E-state index is -0.995. The van der Waals surface area contributed by atoms with Gasteiger partial charge in [0.05, 0.1) is 0 Å². The normalized spacial score (nSPS) is 9.64. The Morgan fingerprint density at radius 3 is 2.64 bits per heavy atom. The lowest BCUT2D eigenvalue weighted by Gasteiger charge is -2.04. The van der Waals surface area contributed by atoms with Gasteiger partial charge in [-0.15, -0.1) is 0 Å². The molecule has 0 spiro atoms. The van der Waals surface area contributed by atoms with E-state index < -0.39 is 5.97 Å². The number of nitrogens with one attached hydrogen (secondary N) is 1. The zero-order chi connectivity index (χ0) is 8.43. The van der Waals surface area contributed by atoms with Crippen LogP contribution in [0.4, 0.5) is 5.82 Å². The molecule has 0 aliphatic rings. The van der Waals surface area contributed by atoms with Gasteiger partial charge in [0.1, 0.15) is 5.69 Å². The Morgan fingerprint density at radius 2 is 2.36 bits per heavy atom. The van der Waals surface area contributed by atoms with Crippen molar-refractivity contribution in [2.75, 3.05) is 19.0 Å². The summed E-state index contributed by atoms with van der Waals surface area (Å²) in [4.78, 5) is 12.1. The SMILES string of the molecule is CN(C)c1cc(C(=O)O)[nH]n1. The third-order valence-corrected chi connectivity index (χ3v) is 1.25. The third-order valence-electron chi connectivity index (χ3n) is 1.25. The fourth-order valence-corrected chi connectivity index (χ4v) is 0.650. The van der Waals surface area contributed by atoms with Crippen LogP contribution in [0.25, 0.3) is 0 Å². The monoisotopic (exact) mass is 155 g/mol. The van der Waals surface area contributed by atoms with Gasteiger partial charge in [-0.2, -0.15) is 5.10 Å². The van der Waals surface area contributed by atoms with Gasteiger partial charge in [-0.25, -0.2) is 4.79 Å². The van der Waals surface area contributed by atoms with Gasteiger partial charge in [0.15, 0.2) is 5.82 Å². The Bertz CT molecular complexity index is 267. The molecule has 0 radical (unpaired) electrons. The first-order valence-electron chi connectivity index (χ1n) is 3.07. The van der Waals surface area contributed by atoms with Crippen LogP contribution >= 0.6 is 0 Å². The summed E-state index contributed by atoms with van der Waals surface area (Å²) in [5, 5.41) is 14.6. The van der Waals surface area contributed by atoms with Crippen molar-refractivity contribution < 1.29 is 9.90 Å². The molecule has 0 saturated carbocycles. The topological polar surface area (TPSA) is 69.2 Å². The van der Waals surface area contributed by atoms with Gasteiger partial charge in [-0.1, -0.05) is 0 Å². The van der Waals surface area contributed by atoms with Crippen molar-refractivity contribution in [1.82, 2.24) is 10.2 Å². The Kier molecular flexibility index (Phi) is 1.80. The maximum Gasteiger partial charge on any atom is 0.353 e. The molecule has 0 fully saturated rings. The summed E-state index contributed by atoms with van der Waals surface area (Å²) in [6.45, 7) is 0. The number of aromatic nitrogens is 2. The van der Waals surface area contributed by atoms with E-state index >= 15 is 0 Å². The predicted octanol–water partition coefficient (Wildman–Crippen LogP) is 0.174. The molecule has 0 aromatic carbocycles. The second-order valence-electron chi connectivity index (χ2n) is 2.34. The highest BCUT2D eigenvalue weighted by Gasteiger charge is 2.07. The van der Waals surface area contributed by atoms with Crippen molar-refractivity contribution in [2.45, 2.75) is 0 Å². The van der Waals surface area contributed by atoms with E-state index in [9.17, 15) is 4.79 Å². The molecule has 0 aliphatic carbocycles. The number of carboxylic acid groups (broad SMARTS) is 1. The number of anilines is 1. The number of hydrogen-bond donors (Lipinski definition) is 2. The van der Waals surface area contributed by atoms with Crippen molar-refractivity contribution in [3.8, 4) is 0 Å². The average molecular weight is 155 g/mol. The fourth-order valence-electron chi connectivity index (χ4n) is 0.650. The summed E-state index contributed by atoms with van der Waals surface area (Å²) >= 11 is 0. The van der Waals surface area contributed by atoms with Crippen molar-refractivity contribution in [1.29, 1.82) is 0 Å². The summed E-state index contributed by atoms with van der Waals surface area (Å²) in [7, 11) is 3.59. The molecule has 5 heteroatoms. The largest absolute Gasteiger partial charge is 0.477 e. The third kappa shape index (κ3) is 1.49. The molecule has 1 heterocycles. The predicted molar refractivity (Wildman–Crippen MR) is 39.9 cm³/mol. The summed E-state index contributed by atoms with van der Waals surface area (Å²) < 4.78 is 0. The van der Waals surface area contributed by atoms with Gasteiger partial charge >= 0.3 is 5.97 Å². The van der Waals surface area contributed by atoms with Crippen LogP contribution in [0.15, 0.2) is 6.07 Å². The standard InChI is InChI=1S/C6H9N3O2/c1-9(2)5-3-4(6(10)11)7-8-5/h3H,1-2H3,(H,7,8)(H,10,11). The summed E-state index contributed by atoms with van der Waals surface area (Å²) in [5.74, 6) is -0.381. The molecule has 2 N–H and O–H groups in total. The minimum Gasteiger partial charge on any atom is -0.477 e. The number of carboxylic acids is 1. The number of aromatic amines is 1. The van der Waals surface area contributed by atoms with Gasteiger partial charge in [0, 0.05) is 20.2 Å². The first kappa shape index (κ1) is 7.59. The van der Waals surface area contributed by atoms with E-state index in [1.807, 2.05) is 0 Å². The first-order chi connectivity index (χ1) is 5.11. The Balaban J connectivity index is 2.90. The number of carbonyl (C=O) groups is 1. The van der Waals surface area contributed by atoms with E-state index in [4.69, 9.17) is 5.11 Å². The second-order valence-corrected chi connectivity index (χ2v) is 2.34. The first-order valence-corrected chi connectivity index (χ1v) is 3.07. The van der Waals surface area contributed by atoms with Gasteiger partial charge in [-0.05, 0) is 0 Å². The molecule has 0 bridgehead atoms. The van der Waals surface area contributed by atoms with Gasteiger partial charge < -0.3 is 10.0 Å². The molecular weight excluding hydrogens is 146 g/mol. The quantitative estimate of drug-likeness (QED) is 0.639. The molecule has 0 amide bonds. The zero-order valence-electron chi connectivity index (χ0n) is 6.33. The fraction of sp³-hybridized carbons (Fsp3) is 0.333. The van der Waals surface area contributed by atoms with Crippen molar-refractivity contribution in [2.24, 2.45) is 0 Å². The number of hydrogen-bond acceptors (Lipinski definition) is 3. The van der Waals surface area contributed by atoms with Crippen LogP contribution in [-0.4, -0.2) is 35.4 Å². The van der Waals surface area contributed by atoms with Crippen LogP contribution in [0.2, 0.25) is 0 Å². The maximum atomic E-state index is 10.3. The molecule has 1 rings (SSSR count). The number of nitrogens with zero attached hydrogens (tertiary/aromatic N) is 2. The maximum absolute atomic E-state index is 10.3. The van der Waals surface area contributed by atoms with Crippen LogP contribution < -0.4 is 4.90 Å². The Labute approximate surface area is 63.6 Å². The van der Waals surface area contributed by atoms with Crippen molar-refractivity contribution in [3.63, 3.8) is 0 Å². The lowest BCUT2D eigenvalue weighted by atomic mass is 10.4. The number of rotatable bonds is 2. The highest BCUT2D eigenvalue weighted by molar-refractivity contribution is 5.86. The van der Waals surface area contributed by atoms with E-state index in [1.54, 1.807) is 19.0 Å². The van der Waals surface area contributed by atoms with E-state index in [-0.39, 0.29) is 5.69 Å². The van der Waals surface area contributed by atoms with E-state index in [1.165, 1.54) is 6.07 Å². The van der Waals surface area contributed by atoms with Gasteiger partial charge in [0.25, 0.3) is 0 Å². The molecule has 0 atom stereocenters. The zero-order valence-corrected chi connectivity index (χ0v) is 6.33. The number of H-pyrrole nitrogens is 1. The van der Waals surface area contributed by atoms with E-state index in [0.717, 1.165) is 0 Å². The lowest BCUT2D eigenvalue weighted by molar-refractivity contribution is 0.0690. The molecule has 1 aromatic rings. The molecule has 11 heavy (non-hydrogen) atoms. The molecule has 0 aliphatic heterocycles. The van der Waals surface area contributed by atoms with Crippen LogP contribution in [0.5, 0.6) is 0 Å². The van der Waals surface area contributed by atoms with Gasteiger partial charge in [0.2, 0.25) is 0 Å². The second kappa shape index (κ2) is 2.61. The van der Waals surface area contributed by atoms with E-state index in [2.05, 4.69) is 10.2 Å². The minimum absolute atomic E-state index is 0.105. The van der Waals surface area contributed by atoms with Crippen LogP contribution in [0, 0.1) is 0 Å². The average Bonchev–Trinajstić information content (AvgIpc) is 2.33.